The number of piperidine rings is 1. The second-order valence-corrected chi connectivity index (χ2v) is 10.5. The van der Waals surface area contributed by atoms with Crippen LogP contribution in [0, 0.1) is 5.82 Å². The Morgan fingerprint density at radius 2 is 2.00 bits per heavy atom. The summed E-state index contributed by atoms with van der Waals surface area (Å²) in [5, 5.41) is 17.0. The Balaban J connectivity index is 1.71. The number of sulfone groups is 1. The molecule has 3 aromatic rings. The minimum atomic E-state index is -3.65. The highest BCUT2D eigenvalue weighted by atomic mass is 32.2. The summed E-state index contributed by atoms with van der Waals surface area (Å²) in [7, 11) is -3.65. The van der Waals surface area contributed by atoms with E-state index < -0.39 is 22.3 Å². The molecule has 8 nitrogen and oxygen atoms in total. The molecule has 164 valence electrons. The van der Waals surface area contributed by atoms with Gasteiger partial charge in [0.05, 0.1) is 18.5 Å². The standard InChI is InChI=1S/C21H24FN5O3S/c1-31(29,30)19-18(13-6-14-4-5-15(7-13)25-14)26-21-16(9-24-27(21)20(19)23)11-2-3-12(10-28)17(22)8-11/h2-3,8-9,13-15,25,28H,4-7,10,23H2,1H3/t13-,14-,15+. The molecule has 1 aromatic carbocycles. The number of benzene rings is 1. The lowest BCUT2D eigenvalue weighted by molar-refractivity contribution is 0.276. The summed E-state index contributed by atoms with van der Waals surface area (Å²) in [5.74, 6) is -0.547. The fourth-order valence-electron chi connectivity index (χ4n) is 5.00. The molecule has 0 amide bonds. The first kappa shape index (κ1) is 20.3. The van der Waals surface area contributed by atoms with Gasteiger partial charge in [-0.2, -0.15) is 9.61 Å². The van der Waals surface area contributed by atoms with Crippen molar-refractivity contribution in [1.29, 1.82) is 0 Å². The summed E-state index contributed by atoms with van der Waals surface area (Å²) in [6, 6.07) is 5.20. The molecule has 4 N–H and O–H groups in total. The number of nitrogens with one attached hydrogen (secondary N) is 1. The van der Waals surface area contributed by atoms with Crippen LogP contribution in [-0.2, 0) is 16.4 Å². The molecule has 0 unspecified atom stereocenters. The lowest BCUT2D eigenvalue weighted by Gasteiger charge is -2.30. The van der Waals surface area contributed by atoms with Gasteiger partial charge in [0.2, 0.25) is 0 Å². The van der Waals surface area contributed by atoms with Crippen LogP contribution in [0.15, 0.2) is 29.3 Å². The van der Waals surface area contributed by atoms with E-state index in [1.54, 1.807) is 6.07 Å². The lowest BCUT2D eigenvalue weighted by Crippen LogP contribution is -2.38. The van der Waals surface area contributed by atoms with Crippen LogP contribution in [0.25, 0.3) is 16.8 Å². The van der Waals surface area contributed by atoms with Crippen molar-refractivity contribution in [3.8, 4) is 11.1 Å². The molecule has 2 bridgehead atoms. The molecule has 0 aliphatic carbocycles. The van der Waals surface area contributed by atoms with E-state index in [4.69, 9.17) is 10.7 Å². The van der Waals surface area contributed by atoms with Gasteiger partial charge < -0.3 is 16.2 Å². The van der Waals surface area contributed by atoms with Gasteiger partial charge in [0.1, 0.15) is 16.5 Å². The maximum absolute atomic E-state index is 14.3. The maximum Gasteiger partial charge on any atom is 0.180 e. The summed E-state index contributed by atoms with van der Waals surface area (Å²) in [6.07, 6.45) is 6.38. The first-order valence-electron chi connectivity index (χ1n) is 10.3. The molecule has 2 saturated heterocycles. The molecule has 2 aliphatic heterocycles. The zero-order chi connectivity index (χ0) is 21.9. The van der Waals surface area contributed by atoms with E-state index in [0.29, 0.717) is 34.6 Å². The number of hydrogen-bond donors (Lipinski definition) is 3. The molecule has 0 radical (unpaired) electrons. The van der Waals surface area contributed by atoms with Gasteiger partial charge >= 0.3 is 0 Å². The van der Waals surface area contributed by atoms with Crippen molar-refractivity contribution in [2.24, 2.45) is 0 Å². The smallest absolute Gasteiger partial charge is 0.180 e. The van der Waals surface area contributed by atoms with Crippen LogP contribution in [0.5, 0.6) is 0 Å². The average Bonchev–Trinajstić information content (AvgIpc) is 3.29. The van der Waals surface area contributed by atoms with Crippen molar-refractivity contribution in [2.75, 3.05) is 12.0 Å². The molecule has 31 heavy (non-hydrogen) atoms. The highest BCUT2D eigenvalue weighted by Crippen LogP contribution is 2.41. The van der Waals surface area contributed by atoms with Crippen molar-refractivity contribution in [1.82, 2.24) is 19.9 Å². The normalized spacial score (nSPS) is 23.5. The lowest BCUT2D eigenvalue weighted by atomic mass is 9.89. The van der Waals surface area contributed by atoms with Gasteiger partial charge in [-0.1, -0.05) is 12.1 Å². The summed E-state index contributed by atoms with van der Waals surface area (Å²) in [5.41, 5.74) is 8.46. The second kappa shape index (κ2) is 7.25. The van der Waals surface area contributed by atoms with E-state index in [1.165, 1.54) is 22.8 Å². The average molecular weight is 446 g/mol. The molecule has 5 rings (SSSR count). The van der Waals surface area contributed by atoms with E-state index in [9.17, 15) is 17.9 Å². The predicted molar refractivity (Wildman–Crippen MR) is 114 cm³/mol. The van der Waals surface area contributed by atoms with Crippen LogP contribution in [-0.4, -0.2) is 46.5 Å². The summed E-state index contributed by atoms with van der Waals surface area (Å²) >= 11 is 0. The molecular formula is C21H24FN5O3S. The molecular weight excluding hydrogens is 421 g/mol. The SMILES string of the molecule is CS(=O)(=O)c1c([C@@H]2C[C@H]3CC[C@@H](C2)N3)nc2c(-c3ccc(CO)c(F)c3)cnn2c1N. The fourth-order valence-corrected chi connectivity index (χ4v) is 6.06. The van der Waals surface area contributed by atoms with E-state index in [1.807, 2.05) is 0 Å². The second-order valence-electron chi connectivity index (χ2n) is 8.55. The highest BCUT2D eigenvalue weighted by Gasteiger charge is 2.38. The van der Waals surface area contributed by atoms with Crippen LogP contribution >= 0.6 is 0 Å². The van der Waals surface area contributed by atoms with Gasteiger partial charge in [0.15, 0.2) is 15.5 Å². The van der Waals surface area contributed by atoms with Crippen molar-refractivity contribution in [3.05, 3.63) is 41.5 Å². The molecule has 0 spiro atoms. The minimum absolute atomic E-state index is 0.0204. The Bertz CT molecular complexity index is 1280. The van der Waals surface area contributed by atoms with Crippen molar-refractivity contribution < 1.29 is 17.9 Å². The van der Waals surface area contributed by atoms with Gasteiger partial charge in [-0.15, -0.1) is 0 Å². The maximum atomic E-state index is 14.3. The number of nitrogens with zero attached hydrogens (tertiary/aromatic N) is 3. The fraction of sp³-hybridized carbons (Fsp3) is 0.429. The first-order chi connectivity index (χ1) is 14.8. The molecule has 2 fully saturated rings. The van der Waals surface area contributed by atoms with Gasteiger partial charge in [-0.05, 0) is 37.3 Å². The minimum Gasteiger partial charge on any atom is -0.392 e. The van der Waals surface area contributed by atoms with Crippen LogP contribution < -0.4 is 11.1 Å². The van der Waals surface area contributed by atoms with E-state index in [0.717, 1.165) is 31.9 Å². The Morgan fingerprint density at radius 1 is 1.29 bits per heavy atom. The molecule has 10 heteroatoms. The van der Waals surface area contributed by atoms with Gasteiger partial charge in [0.25, 0.3) is 0 Å². The Hall–Kier alpha value is -2.56. The largest absolute Gasteiger partial charge is 0.392 e. The zero-order valence-electron chi connectivity index (χ0n) is 17.0. The van der Waals surface area contributed by atoms with Crippen LogP contribution in [0.3, 0.4) is 0 Å². The number of nitrogen functional groups attached to an aromatic ring is 1. The van der Waals surface area contributed by atoms with E-state index in [-0.39, 0.29) is 22.2 Å². The molecule has 2 aliphatic rings. The monoisotopic (exact) mass is 445 g/mol. The Labute approximate surface area is 179 Å². The number of aliphatic hydroxyl groups is 1. The summed E-state index contributed by atoms with van der Waals surface area (Å²) in [4.78, 5) is 4.80. The number of aliphatic hydroxyl groups excluding tert-OH is 1. The van der Waals surface area contributed by atoms with Crippen LogP contribution in [0.2, 0.25) is 0 Å². The number of halogens is 1. The number of hydrogen-bond acceptors (Lipinski definition) is 7. The molecule has 3 atom stereocenters. The highest BCUT2D eigenvalue weighted by molar-refractivity contribution is 7.91. The van der Waals surface area contributed by atoms with Gasteiger partial charge in [-0.3, -0.25) is 0 Å². The van der Waals surface area contributed by atoms with E-state index in [2.05, 4.69) is 10.4 Å². The predicted octanol–water partition coefficient (Wildman–Crippen LogP) is 2.01. The van der Waals surface area contributed by atoms with Crippen molar-refractivity contribution in [3.63, 3.8) is 0 Å². The topological polar surface area (TPSA) is 123 Å². The number of fused-ring (bicyclic) bond motifs is 3. The van der Waals surface area contributed by atoms with E-state index >= 15 is 0 Å². The van der Waals surface area contributed by atoms with Gasteiger partial charge in [0, 0.05) is 35.4 Å². The number of rotatable bonds is 4. The van der Waals surface area contributed by atoms with Gasteiger partial charge in [-0.25, -0.2) is 17.8 Å². The zero-order valence-corrected chi connectivity index (χ0v) is 17.9. The van der Waals surface area contributed by atoms with Crippen molar-refractivity contribution in [2.45, 2.75) is 55.2 Å². The molecule has 2 aromatic heterocycles. The number of anilines is 1. The van der Waals surface area contributed by atoms with Crippen LogP contribution in [0.4, 0.5) is 10.2 Å². The summed E-state index contributed by atoms with van der Waals surface area (Å²) in [6.45, 7) is -0.397. The quantitative estimate of drug-likeness (QED) is 0.561. The number of nitrogens with two attached hydrogens (primary N) is 1. The third-order valence-electron chi connectivity index (χ3n) is 6.43. The third kappa shape index (κ3) is 3.38. The van der Waals surface area contributed by atoms with Crippen molar-refractivity contribution >= 4 is 21.3 Å². The number of aromatic nitrogens is 3. The third-order valence-corrected chi connectivity index (χ3v) is 7.59. The summed E-state index contributed by atoms with van der Waals surface area (Å²) < 4.78 is 41.0. The Morgan fingerprint density at radius 3 is 2.61 bits per heavy atom. The Kier molecular flexibility index (Phi) is 4.76. The molecule has 0 saturated carbocycles. The van der Waals surface area contributed by atoms with Crippen LogP contribution in [0.1, 0.15) is 42.9 Å². The molecule has 4 heterocycles. The first-order valence-corrected chi connectivity index (χ1v) is 12.2.